The van der Waals surface area contributed by atoms with Gasteiger partial charge in [-0.05, 0) is 52.7 Å². The third-order valence-corrected chi connectivity index (χ3v) is 3.94. The van der Waals surface area contributed by atoms with Gasteiger partial charge < -0.3 is 9.47 Å². The maximum absolute atomic E-state index is 6.00. The lowest BCUT2D eigenvalue weighted by molar-refractivity contribution is 0.354. The summed E-state index contributed by atoms with van der Waals surface area (Å²) in [5, 5.41) is 0.666. The average Bonchev–Trinajstić information content (AvgIpc) is 2.48. The largest absolute Gasteiger partial charge is 0.493 e. The van der Waals surface area contributed by atoms with Crippen molar-refractivity contribution in [2.24, 2.45) is 4.99 Å². The van der Waals surface area contributed by atoms with E-state index >= 15 is 0 Å². The predicted octanol–water partition coefficient (Wildman–Crippen LogP) is 5.18. The number of aliphatic imine (C=N–C) groups is 1. The van der Waals surface area contributed by atoms with Crippen LogP contribution in [0, 0.1) is 6.92 Å². The first-order valence-electron chi connectivity index (χ1n) is 6.27. The molecule has 2 aromatic carbocycles. The number of nitrogens with zero attached hydrogens (tertiary/aromatic N) is 1. The van der Waals surface area contributed by atoms with Crippen LogP contribution in [0.15, 0.2) is 39.8 Å². The Labute approximate surface area is 137 Å². The molecule has 0 aliphatic rings. The maximum atomic E-state index is 6.00. The van der Waals surface area contributed by atoms with E-state index in [0.717, 1.165) is 21.3 Å². The van der Waals surface area contributed by atoms with Crippen LogP contribution in [0.4, 0.5) is 5.69 Å². The van der Waals surface area contributed by atoms with E-state index in [1.807, 2.05) is 37.3 Å². The van der Waals surface area contributed by atoms with Gasteiger partial charge in [-0.1, -0.05) is 17.7 Å². The molecule has 2 aromatic rings. The van der Waals surface area contributed by atoms with Gasteiger partial charge >= 0.3 is 0 Å². The second kappa shape index (κ2) is 6.96. The van der Waals surface area contributed by atoms with Crippen molar-refractivity contribution in [1.29, 1.82) is 0 Å². The van der Waals surface area contributed by atoms with Gasteiger partial charge in [-0.25, -0.2) is 0 Å². The molecule has 21 heavy (non-hydrogen) atoms. The number of benzene rings is 2. The minimum atomic E-state index is 0.657. The highest BCUT2D eigenvalue weighted by Crippen LogP contribution is 2.33. The van der Waals surface area contributed by atoms with Crippen LogP contribution in [0.2, 0.25) is 5.02 Å². The summed E-state index contributed by atoms with van der Waals surface area (Å²) in [5.74, 6) is 1.32. The van der Waals surface area contributed by atoms with E-state index in [4.69, 9.17) is 21.1 Å². The van der Waals surface area contributed by atoms with Crippen LogP contribution in [0.3, 0.4) is 0 Å². The van der Waals surface area contributed by atoms with Crippen LogP contribution in [0.5, 0.6) is 11.5 Å². The molecule has 0 amide bonds. The van der Waals surface area contributed by atoms with Crippen LogP contribution in [-0.4, -0.2) is 20.4 Å². The fourth-order valence-corrected chi connectivity index (χ4v) is 2.42. The van der Waals surface area contributed by atoms with Crippen LogP contribution < -0.4 is 9.47 Å². The lowest BCUT2D eigenvalue weighted by atomic mass is 10.2. The first-order chi connectivity index (χ1) is 10.0. The standard InChI is InChI=1S/C16H15BrClNO2/c1-10-4-5-12(18)7-14(10)19-9-11-6-15(20-2)16(21-3)8-13(11)17/h4-9H,1-3H3. The third-order valence-electron chi connectivity index (χ3n) is 3.02. The molecule has 0 spiro atoms. The van der Waals surface area contributed by atoms with Crippen molar-refractivity contribution in [1.82, 2.24) is 0 Å². The molecule has 0 fully saturated rings. The van der Waals surface area contributed by atoms with Gasteiger partial charge in [-0.15, -0.1) is 0 Å². The summed E-state index contributed by atoms with van der Waals surface area (Å²) in [5.41, 5.74) is 2.79. The molecule has 0 unspecified atom stereocenters. The number of methoxy groups -OCH3 is 2. The van der Waals surface area contributed by atoms with E-state index in [-0.39, 0.29) is 0 Å². The van der Waals surface area contributed by atoms with E-state index in [1.165, 1.54) is 0 Å². The van der Waals surface area contributed by atoms with Crippen molar-refractivity contribution in [2.75, 3.05) is 14.2 Å². The van der Waals surface area contributed by atoms with Crippen molar-refractivity contribution in [2.45, 2.75) is 6.92 Å². The highest BCUT2D eigenvalue weighted by Gasteiger charge is 2.08. The van der Waals surface area contributed by atoms with Crippen molar-refractivity contribution in [3.8, 4) is 11.5 Å². The zero-order valence-corrected chi connectivity index (χ0v) is 14.3. The van der Waals surface area contributed by atoms with Crippen LogP contribution in [-0.2, 0) is 0 Å². The van der Waals surface area contributed by atoms with Crippen molar-refractivity contribution in [3.05, 3.63) is 51.0 Å². The molecule has 2 rings (SSSR count). The smallest absolute Gasteiger partial charge is 0.161 e. The Morgan fingerprint density at radius 3 is 2.43 bits per heavy atom. The van der Waals surface area contributed by atoms with Gasteiger partial charge in [0, 0.05) is 21.3 Å². The van der Waals surface area contributed by atoms with Crippen LogP contribution in [0.25, 0.3) is 0 Å². The number of hydrogen-bond donors (Lipinski definition) is 0. The van der Waals surface area contributed by atoms with Gasteiger partial charge in [0.15, 0.2) is 11.5 Å². The van der Waals surface area contributed by atoms with Crippen molar-refractivity contribution in [3.63, 3.8) is 0 Å². The van der Waals surface area contributed by atoms with Gasteiger partial charge in [0.25, 0.3) is 0 Å². The molecule has 0 radical (unpaired) electrons. The molecular formula is C16H15BrClNO2. The molecule has 5 heteroatoms. The summed E-state index contributed by atoms with van der Waals surface area (Å²) < 4.78 is 11.4. The van der Waals surface area contributed by atoms with Gasteiger partial charge in [0.05, 0.1) is 19.9 Å². The average molecular weight is 369 g/mol. The number of hydrogen-bond acceptors (Lipinski definition) is 3. The molecule has 0 atom stereocenters. The lowest BCUT2D eigenvalue weighted by Gasteiger charge is -2.09. The quantitative estimate of drug-likeness (QED) is 0.696. The Bertz CT molecular complexity index is 686. The molecule has 0 aliphatic carbocycles. The maximum Gasteiger partial charge on any atom is 0.161 e. The highest BCUT2D eigenvalue weighted by atomic mass is 79.9. The highest BCUT2D eigenvalue weighted by molar-refractivity contribution is 9.10. The zero-order chi connectivity index (χ0) is 15.4. The summed E-state index contributed by atoms with van der Waals surface area (Å²) in [6, 6.07) is 9.35. The van der Waals surface area contributed by atoms with Crippen LogP contribution >= 0.6 is 27.5 Å². The topological polar surface area (TPSA) is 30.8 Å². The molecule has 0 bridgehead atoms. The van der Waals surface area contributed by atoms with E-state index < -0.39 is 0 Å². The normalized spacial score (nSPS) is 10.9. The summed E-state index contributed by atoms with van der Waals surface area (Å²) >= 11 is 9.50. The van der Waals surface area contributed by atoms with E-state index in [2.05, 4.69) is 20.9 Å². The molecule has 0 aromatic heterocycles. The minimum Gasteiger partial charge on any atom is -0.493 e. The van der Waals surface area contributed by atoms with E-state index in [0.29, 0.717) is 16.5 Å². The Hall–Kier alpha value is -1.52. The monoisotopic (exact) mass is 367 g/mol. The van der Waals surface area contributed by atoms with E-state index in [1.54, 1.807) is 20.4 Å². The van der Waals surface area contributed by atoms with Crippen molar-refractivity contribution >= 4 is 39.4 Å². The molecular weight excluding hydrogens is 354 g/mol. The second-order valence-corrected chi connectivity index (χ2v) is 5.71. The van der Waals surface area contributed by atoms with Crippen molar-refractivity contribution < 1.29 is 9.47 Å². The number of ether oxygens (including phenoxy) is 2. The molecule has 110 valence electrons. The van der Waals surface area contributed by atoms with Gasteiger partial charge in [0.1, 0.15) is 0 Å². The summed E-state index contributed by atoms with van der Waals surface area (Å²) in [6.45, 7) is 1.99. The third kappa shape index (κ3) is 3.77. The molecule has 0 heterocycles. The molecule has 0 aliphatic heterocycles. The Balaban J connectivity index is 2.39. The first-order valence-corrected chi connectivity index (χ1v) is 7.44. The molecule has 0 N–H and O–H groups in total. The fourth-order valence-electron chi connectivity index (χ4n) is 1.83. The Kier molecular flexibility index (Phi) is 5.26. The van der Waals surface area contributed by atoms with Crippen LogP contribution in [0.1, 0.15) is 11.1 Å². The predicted molar refractivity (Wildman–Crippen MR) is 90.7 cm³/mol. The minimum absolute atomic E-state index is 0.657. The summed E-state index contributed by atoms with van der Waals surface area (Å²) in [6.07, 6.45) is 1.77. The summed E-state index contributed by atoms with van der Waals surface area (Å²) in [7, 11) is 3.21. The number of aryl methyl sites for hydroxylation is 1. The number of rotatable bonds is 4. The molecule has 0 saturated heterocycles. The van der Waals surface area contributed by atoms with Gasteiger partial charge in [-0.3, -0.25) is 4.99 Å². The SMILES string of the molecule is COc1cc(Br)c(C=Nc2cc(Cl)ccc2C)cc1OC. The zero-order valence-electron chi connectivity index (χ0n) is 12.0. The summed E-state index contributed by atoms with van der Waals surface area (Å²) in [4.78, 5) is 4.49. The number of halogens is 2. The molecule has 3 nitrogen and oxygen atoms in total. The van der Waals surface area contributed by atoms with Gasteiger partial charge in [-0.2, -0.15) is 0 Å². The fraction of sp³-hybridized carbons (Fsp3) is 0.188. The first kappa shape index (κ1) is 15.9. The Morgan fingerprint density at radius 2 is 1.76 bits per heavy atom. The lowest BCUT2D eigenvalue weighted by Crippen LogP contribution is -1.93. The van der Waals surface area contributed by atoms with E-state index in [9.17, 15) is 0 Å². The Morgan fingerprint density at radius 1 is 1.10 bits per heavy atom. The molecule has 0 saturated carbocycles. The van der Waals surface area contributed by atoms with Gasteiger partial charge in [0.2, 0.25) is 0 Å². The second-order valence-electron chi connectivity index (χ2n) is 4.42.